The number of aromatic nitrogens is 1. The summed E-state index contributed by atoms with van der Waals surface area (Å²) in [6, 6.07) is 7.87. The van der Waals surface area contributed by atoms with Crippen LogP contribution in [-0.2, 0) is 16.7 Å². The molecule has 2 fully saturated rings. The van der Waals surface area contributed by atoms with E-state index in [-0.39, 0.29) is 11.0 Å². The van der Waals surface area contributed by atoms with Gasteiger partial charge in [0.1, 0.15) is 11.6 Å². The number of nitrogens with zero attached hydrogens (tertiary/aromatic N) is 1. The molecule has 2 aromatic rings. The lowest BCUT2D eigenvalue weighted by Crippen LogP contribution is -2.47. The normalized spacial score (nSPS) is 23.9. The third-order valence-electron chi connectivity index (χ3n) is 6.47. The minimum absolute atomic E-state index is 0.0137. The topological polar surface area (TPSA) is 34.2 Å². The Morgan fingerprint density at radius 2 is 1.86 bits per heavy atom. The van der Waals surface area contributed by atoms with E-state index < -0.39 is 11.6 Å². The van der Waals surface area contributed by atoms with Gasteiger partial charge in [0, 0.05) is 37.0 Å². The Morgan fingerprint density at radius 3 is 2.57 bits per heavy atom. The third kappa shape index (κ3) is 4.26. The van der Waals surface area contributed by atoms with Gasteiger partial charge in [0.15, 0.2) is 0 Å². The highest BCUT2D eigenvalue weighted by Gasteiger charge is 2.47. The van der Waals surface area contributed by atoms with E-state index in [1.54, 1.807) is 0 Å². The molecule has 1 N–H and O–H groups in total. The maximum absolute atomic E-state index is 13.4. The molecule has 150 valence electrons. The minimum atomic E-state index is -0.531. The lowest BCUT2D eigenvalue weighted by molar-refractivity contribution is -0.103. The van der Waals surface area contributed by atoms with Gasteiger partial charge in [-0.1, -0.05) is 18.9 Å². The van der Waals surface area contributed by atoms with Crippen molar-refractivity contribution < 1.29 is 13.5 Å². The quantitative estimate of drug-likeness (QED) is 0.717. The van der Waals surface area contributed by atoms with Crippen molar-refractivity contribution in [3.8, 4) is 0 Å². The second-order valence-corrected chi connectivity index (χ2v) is 8.39. The summed E-state index contributed by atoms with van der Waals surface area (Å²) in [6.07, 6.45) is 11.6. The van der Waals surface area contributed by atoms with Gasteiger partial charge in [0.05, 0.1) is 5.60 Å². The van der Waals surface area contributed by atoms with Crippen LogP contribution in [0.3, 0.4) is 0 Å². The molecule has 0 unspecified atom stereocenters. The van der Waals surface area contributed by atoms with Crippen LogP contribution in [0.2, 0.25) is 0 Å². The van der Waals surface area contributed by atoms with E-state index in [4.69, 9.17) is 4.74 Å². The first-order valence-corrected chi connectivity index (χ1v) is 10.3. The molecule has 0 radical (unpaired) electrons. The molecular weight excluding hydrogens is 358 g/mol. The van der Waals surface area contributed by atoms with Gasteiger partial charge < -0.3 is 10.1 Å². The molecule has 1 saturated heterocycles. The molecule has 2 heterocycles. The van der Waals surface area contributed by atoms with Gasteiger partial charge >= 0.3 is 0 Å². The fourth-order valence-corrected chi connectivity index (χ4v) is 5.11. The van der Waals surface area contributed by atoms with E-state index in [9.17, 15) is 8.78 Å². The summed E-state index contributed by atoms with van der Waals surface area (Å²) in [5.41, 5.74) is 1.96. The lowest BCUT2D eigenvalue weighted by atomic mass is 9.66. The van der Waals surface area contributed by atoms with Crippen LogP contribution >= 0.6 is 0 Å². The summed E-state index contributed by atoms with van der Waals surface area (Å²) in [4.78, 5) is 4.37. The zero-order valence-corrected chi connectivity index (χ0v) is 16.2. The highest BCUT2D eigenvalue weighted by molar-refractivity contribution is 5.25. The molecule has 2 aliphatic rings. The summed E-state index contributed by atoms with van der Waals surface area (Å²) in [5.74, 6) is -1.06. The zero-order valence-electron chi connectivity index (χ0n) is 16.2. The van der Waals surface area contributed by atoms with Crippen molar-refractivity contribution in [3.63, 3.8) is 0 Å². The summed E-state index contributed by atoms with van der Waals surface area (Å²) in [5, 5.41) is 3.38. The van der Waals surface area contributed by atoms with Crippen molar-refractivity contribution in [3.05, 3.63) is 65.5 Å². The Hall–Kier alpha value is -1.85. The third-order valence-corrected chi connectivity index (χ3v) is 6.47. The van der Waals surface area contributed by atoms with Crippen LogP contribution < -0.4 is 5.32 Å². The Morgan fingerprint density at radius 1 is 1.07 bits per heavy atom. The number of rotatable bonds is 6. The van der Waals surface area contributed by atoms with Gasteiger partial charge in [-0.15, -0.1) is 0 Å². The number of pyridine rings is 1. The number of hydrogen-bond acceptors (Lipinski definition) is 3. The summed E-state index contributed by atoms with van der Waals surface area (Å²) in [7, 11) is 0. The average Bonchev–Trinajstić information content (AvgIpc) is 3.13. The SMILES string of the molecule is Fc1cc(F)cc(CNCC[C@]2(c3cccnc3)CCOC3(CCCC3)C2)c1. The monoisotopic (exact) mass is 386 g/mol. The minimum Gasteiger partial charge on any atom is -0.375 e. The predicted molar refractivity (Wildman–Crippen MR) is 105 cm³/mol. The maximum Gasteiger partial charge on any atom is 0.126 e. The molecule has 0 bridgehead atoms. The molecule has 4 rings (SSSR count). The van der Waals surface area contributed by atoms with E-state index in [1.807, 2.05) is 18.5 Å². The molecule has 3 nitrogen and oxygen atoms in total. The molecule has 28 heavy (non-hydrogen) atoms. The van der Waals surface area contributed by atoms with Crippen molar-refractivity contribution in [1.29, 1.82) is 0 Å². The molecule has 1 aliphatic carbocycles. The second-order valence-electron chi connectivity index (χ2n) is 8.39. The molecule has 1 spiro atoms. The van der Waals surface area contributed by atoms with E-state index in [1.165, 1.54) is 30.5 Å². The first-order chi connectivity index (χ1) is 13.6. The number of benzene rings is 1. The van der Waals surface area contributed by atoms with Crippen LogP contribution in [0.5, 0.6) is 0 Å². The number of halogens is 2. The Labute approximate surface area is 165 Å². The standard InChI is InChI=1S/C23H28F2N2O/c24-20-12-18(13-21(25)14-20)15-27-10-7-22(19-4-3-9-26-16-19)8-11-28-23(17-22)5-1-2-6-23/h3-4,9,12-14,16,27H,1-2,5-8,10-11,15,17H2/t22-/m0/s1. The van der Waals surface area contributed by atoms with Gasteiger partial charge in [-0.2, -0.15) is 0 Å². The molecule has 0 amide bonds. The largest absolute Gasteiger partial charge is 0.375 e. The first-order valence-electron chi connectivity index (χ1n) is 10.3. The van der Waals surface area contributed by atoms with Gasteiger partial charge in [0.2, 0.25) is 0 Å². The molecule has 1 aromatic carbocycles. The van der Waals surface area contributed by atoms with Gasteiger partial charge in [0.25, 0.3) is 0 Å². The molecule has 1 aliphatic heterocycles. The lowest BCUT2D eigenvalue weighted by Gasteiger charge is -2.47. The number of hydrogen-bond donors (Lipinski definition) is 1. The van der Waals surface area contributed by atoms with Gasteiger partial charge in [-0.25, -0.2) is 8.78 Å². The summed E-state index contributed by atoms with van der Waals surface area (Å²) in [6.45, 7) is 2.02. The number of ether oxygens (including phenoxy) is 1. The van der Waals surface area contributed by atoms with Crippen molar-refractivity contribution in [2.45, 2.75) is 62.5 Å². The van der Waals surface area contributed by atoms with Crippen molar-refractivity contribution in [2.24, 2.45) is 0 Å². The second kappa shape index (κ2) is 8.26. The number of nitrogens with one attached hydrogen (secondary N) is 1. The Kier molecular flexibility index (Phi) is 5.74. The predicted octanol–water partition coefficient (Wildman–Crippen LogP) is 4.90. The van der Waals surface area contributed by atoms with Crippen LogP contribution in [0.4, 0.5) is 8.78 Å². The van der Waals surface area contributed by atoms with E-state index in [0.717, 1.165) is 51.3 Å². The molecule has 1 atom stereocenters. The highest BCUT2D eigenvalue weighted by Crippen LogP contribution is 2.49. The van der Waals surface area contributed by atoms with Crippen LogP contribution in [0.15, 0.2) is 42.7 Å². The smallest absolute Gasteiger partial charge is 0.126 e. The van der Waals surface area contributed by atoms with Crippen molar-refractivity contribution >= 4 is 0 Å². The van der Waals surface area contributed by atoms with E-state index in [2.05, 4.69) is 16.4 Å². The molecular formula is C23H28F2N2O. The summed E-state index contributed by atoms with van der Waals surface area (Å²) < 4.78 is 33.1. The molecule has 5 heteroatoms. The molecule has 1 aromatic heterocycles. The Balaban J connectivity index is 1.45. The van der Waals surface area contributed by atoms with Crippen molar-refractivity contribution in [1.82, 2.24) is 10.3 Å². The maximum atomic E-state index is 13.4. The molecule has 1 saturated carbocycles. The van der Waals surface area contributed by atoms with Gasteiger partial charge in [-0.05, 0) is 68.0 Å². The fourth-order valence-electron chi connectivity index (χ4n) is 5.11. The van der Waals surface area contributed by atoms with Crippen LogP contribution in [0.25, 0.3) is 0 Å². The van der Waals surface area contributed by atoms with Gasteiger partial charge in [-0.3, -0.25) is 4.98 Å². The van der Waals surface area contributed by atoms with Crippen LogP contribution in [0, 0.1) is 11.6 Å². The Bertz CT molecular complexity index is 772. The first kappa shape index (κ1) is 19.5. The van der Waals surface area contributed by atoms with Crippen LogP contribution in [0.1, 0.15) is 56.1 Å². The van der Waals surface area contributed by atoms with E-state index in [0.29, 0.717) is 12.1 Å². The highest BCUT2D eigenvalue weighted by atomic mass is 19.1. The summed E-state index contributed by atoms with van der Waals surface area (Å²) >= 11 is 0. The average molecular weight is 386 g/mol. The van der Waals surface area contributed by atoms with E-state index >= 15 is 0 Å². The zero-order chi connectivity index (χ0) is 19.5. The van der Waals surface area contributed by atoms with Crippen molar-refractivity contribution in [2.75, 3.05) is 13.2 Å². The fraction of sp³-hybridized carbons (Fsp3) is 0.522. The van der Waals surface area contributed by atoms with Crippen LogP contribution in [-0.4, -0.2) is 23.7 Å².